The van der Waals surface area contributed by atoms with Crippen molar-refractivity contribution in [2.24, 2.45) is 5.92 Å². The molecule has 4 amide bonds. The van der Waals surface area contributed by atoms with Crippen LogP contribution in [0.5, 0.6) is 0 Å². The highest BCUT2D eigenvalue weighted by atomic mass is 16.5. The molecule has 0 aliphatic carbocycles. The maximum absolute atomic E-state index is 12.6. The zero-order valence-electron chi connectivity index (χ0n) is 19.7. The average molecular weight is 434 g/mol. The normalized spacial score (nSPS) is 12.7. The van der Waals surface area contributed by atoms with Crippen LogP contribution in [-0.2, 0) is 19.7 Å². The molecular weight excluding hydrogens is 398 g/mol. The van der Waals surface area contributed by atoms with Crippen LogP contribution >= 0.6 is 0 Å². The van der Waals surface area contributed by atoms with Crippen molar-refractivity contribution < 1.29 is 23.9 Å². The zero-order valence-corrected chi connectivity index (χ0v) is 19.7. The predicted octanol–water partition coefficient (Wildman–Crippen LogP) is 2.91. The molecule has 8 nitrogen and oxygen atoms in total. The first kappa shape index (κ1) is 26.1. The largest absolute Gasteiger partial charge is 0.454 e. The molecule has 0 bridgehead atoms. The van der Waals surface area contributed by atoms with E-state index < -0.39 is 42.0 Å². The molecule has 0 aliphatic rings. The fraction of sp³-hybridized carbons (Fsp3) is 0.565. The molecule has 31 heavy (non-hydrogen) atoms. The van der Waals surface area contributed by atoms with Gasteiger partial charge in [-0.05, 0) is 49.8 Å². The van der Waals surface area contributed by atoms with E-state index in [1.54, 1.807) is 46.8 Å². The van der Waals surface area contributed by atoms with Crippen molar-refractivity contribution in [3.05, 3.63) is 35.4 Å². The van der Waals surface area contributed by atoms with Crippen LogP contribution < -0.4 is 16.0 Å². The van der Waals surface area contributed by atoms with Crippen molar-refractivity contribution in [3.8, 4) is 0 Å². The van der Waals surface area contributed by atoms with E-state index in [-0.39, 0.29) is 11.3 Å². The molecule has 1 aromatic rings. The Labute approximate surface area is 184 Å². The number of benzene rings is 1. The Bertz CT molecular complexity index is 802. The van der Waals surface area contributed by atoms with Gasteiger partial charge in [-0.3, -0.25) is 14.9 Å². The van der Waals surface area contributed by atoms with Crippen LogP contribution in [0.4, 0.5) is 4.79 Å². The number of rotatable bonds is 6. The number of hydrogen-bond acceptors (Lipinski definition) is 5. The monoisotopic (exact) mass is 433 g/mol. The first-order valence-corrected chi connectivity index (χ1v) is 10.3. The molecule has 1 atom stereocenters. The summed E-state index contributed by atoms with van der Waals surface area (Å²) >= 11 is 0. The van der Waals surface area contributed by atoms with Crippen LogP contribution in [-0.4, -0.2) is 42.0 Å². The number of ether oxygens (including phenoxy) is 1. The fourth-order valence-electron chi connectivity index (χ4n) is 2.60. The van der Waals surface area contributed by atoms with Gasteiger partial charge in [-0.1, -0.05) is 46.8 Å². The molecule has 0 aliphatic heterocycles. The summed E-state index contributed by atoms with van der Waals surface area (Å²) in [7, 11) is 0. The van der Waals surface area contributed by atoms with E-state index in [1.807, 2.05) is 12.1 Å². The fourth-order valence-corrected chi connectivity index (χ4v) is 2.60. The van der Waals surface area contributed by atoms with Crippen molar-refractivity contribution >= 4 is 23.8 Å². The number of carbonyl (C=O) groups excluding carboxylic acids is 4. The third-order valence-electron chi connectivity index (χ3n) is 4.31. The first-order valence-electron chi connectivity index (χ1n) is 10.3. The van der Waals surface area contributed by atoms with Crippen molar-refractivity contribution in [1.29, 1.82) is 0 Å². The number of amides is 4. The van der Waals surface area contributed by atoms with E-state index in [0.29, 0.717) is 5.56 Å². The van der Waals surface area contributed by atoms with Gasteiger partial charge in [0.1, 0.15) is 6.04 Å². The molecule has 1 unspecified atom stereocenters. The molecule has 0 aromatic heterocycles. The molecule has 0 heterocycles. The van der Waals surface area contributed by atoms with Crippen molar-refractivity contribution in [3.63, 3.8) is 0 Å². The lowest BCUT2D eigenvalue weighted by Crippen LogP contribution is -2.50. The number of esters is 1. The minimum Gasteiger partial charge on any atom is -0.454 e. The summed E-state index contributed by atoms with van der Waals surface area (Å²) in [5, 5.41) is 7.32. The summed E-state index contributed by atoms with van der Waals surface area (Å²) in [4.78, 5) is 48.6. The second kappa shape index (κ2) is 10.4. The van der Waals surface area contributed by atoms with Crippen molar-refractivity contribution in [2.75, 3.05) is 6.61 Å². The summed E-state index contributed by atoms with van der Waals surface area (Å²) in [6.45, 7) is 14.4. The Hall–Kier alpha value is -2.90. The van der Waals surface area contributed by atoms with Gasteiger partial charge < -0.3 is 15.4 Å². The van der Waals surface area contributed by atoms with Crippen LogP contribution in [0.2, 0.25) is 0 Å². The quantitative estimate of drug-likeness (QED) is 0.597. The lowest BCUT2D eigenvalue weighted by molar-refractivity contribution is -0.151. The second-order valence-corrected chi connectivity index (χ2v) is 9.88. The summed E-state index contributed by atoms with van der Waals surface area (Å²) in [5.74, 6) is -2.19. The lowest BCUT2D eigenvalue weighted by atomic mass is 9.86. The van der Waals surface area contributed by atoms with Crippen LogP contribution in [0.15, 0.2) is 24.3 Å². The van der Waals surface area contributed by atoms with Gasteiger partial charge >= 0.3 is 12.0 Å². The van der Waals surface area contributed by atoms with Crippen LogP contribution in [0.25, 0.3) is 0 Å². The number of hydrogen-bond donors (Lipinski definition) is 3. The summed E-state index contributed by atoms with van der Waals surface area (Å²) in [6, 6.07) is 5.56. The van der Waals surface area contributed by atoms with E-state index in [9.17, 15) is 19.2 Å². The molecule has 0 saturated carbocycles. The molecule has 8 heteroatoms. The number of carbonyl (C=O) groups is 4. The predicted molar refractivity (Wildman–Crippen MR) is 119 cm³/mol. The van der Waals surface area contributed by atoms with Crippen LogP contribution in [0.1, 0.15) is 71.3 Å². The van der Waals surface area contributed by atoms with Crippen molar-refractivity contribution in [1.82, 2.24) is 16.0 Å². The average Bonchev–Trinajstić information content (AvgIpc) is 2.61. The summed E-state index contributed by atoms with van der Waals surface area (Å²) in [5.41, 5.74) is 0.955. The Morgan fingerprint density at radius 1 is 0.935 bits per heavy atom. The Morgan fingerprint density at radius 3 is 1.94 bits per heavy atom. The first-order chi connectivity index (χ1) is 14.1. The highest BCUT2D eigenvalue weighted by Gasteiger charge is 2.27. The Morgan fingerprint density at radius 2 is 1.48 bits per heavy atom. The third kappa shape index (κ3) is 9.19. The van der Waals surface area contributed by atoms with Gasteiger partial charge in [0.2, 0.25) is 0 Å². The molecule has 3 N–H and O–H groups in total. The summed E-state index contributed by atoms with van der Waals surface area (Å²) < 4.78 is 5.01. The molecule has 0 radical (unpaired) electrons. The number of urea groups is 1. The SMILES string of the molecule is CC(C)C(NC(=O)c1ccc(C(C)(C)C)cc1)C(=O)OCC(=O)NC(=O)NC(C)(C)C. The van der Waals surface area contributed by atoms with E-state index in [2.05, 4.69) is 36.7 Å². The summed E-state index contributed by atoms with van der Waals surface area (Å²) in [6.07, 6.45) is 0. The van der Waals surface area contributed by atoms with Crippen LogP contribution in [0.3, 0.4) is 0 Å². The van der Waals surface area contributed by atoms with E-state index >= 15 is 0 Å². The molecule has 1 aromatic carbocycles. The Kier molecular flexibility index (Phi) is 8.78. The minimum absolute atomic E-state index is 0.0381. The zero-order chi connectivity index (χ0) is 24.0. The van der Waals surface area contributed by atoms with Gasteiger partial charge in [0.15, 0.2) is 6.61 Å². The van der Waals surface area contributed by atoms with Crippen molar-refractivity contribution in [2.45, 2.75) is 72.4 Å². The van der Waals surface area contributed by atoms with Gasteiger partial charge in [-0.2, -0.15) is 0 Å². The topological polar surface area (TPSA) is 114 Å². The third-order valence-corrected chi connectivity index (χ3v) is 4.31. The van der Waals surface area contributed by atoms with E-state index in [4.69, 9.17) is 4.74 Å². The maximum Gasteiger partial charge on any atom is 0.329 e. The minimum atomic E-state index is -0.939. The lowest BCUT2D eigenvalue weighted by Gasteiger charge is -2.22. The number of nitrogens with one attached hydrogen (secondary N) is 3. The molecule has 1 rings (SSSR count). The van der Waals surface area contributed by atoms with E-state index in [1.165, 1.54) is 0 Å². The highest BCUT2D eigenvalue weighted by Crippen LogP contribution is 2.22. The molecule has 0 saturated heterocycles. The molecular formula is C23H35N3O5. The standard InChI is InChI=1S/C23H35N3O5/c1-14(2)18(20(29)31-13-17(27)24-21(30)26-23(6,7)8)25-19(28)15-9-11-16(12-10-15)22(3,4)5/h9-12,14,18H,13H2,1-8H3,(H,25,28)(H2,24,26,27,30). The van der Waals surface area contributed by atoms with Gasteiger partial charge in [-0.15, -0.1) is 0 Å². The molecule has 172 valence electrons. The smallest absolute Gasteiger partial charge is 0.329 e. The van der Waals surface area contributed by atoms with Gasteiger partial charge in [0.25, 0.3) is 11.8 Å². The Balaban J connectivity index is 2.68. The van der Waals surface area contributed by atoms with Gasteiger partial charge in [0, 0.05) is 11.1 Å². The molecule has 0 spiro atoms. The van der Waals surface area contributed by atoms with Crippen LogP contribution in [0, 0.1) is 5.92 Å². The second-order valence-electron chi connectivity index (χ2n) is 9.88. The molecule has 0 fully saturated rings. The van der Waals surface area contributed by atoms with Gasteiger partial charge in [0.05, 0.1) is 0 Å². The van der Waals surface area contributed by atoms with Gasteiger partial charge in [-0.25, -0.2) is 9.59 Å². The maximum atomic E-state index is 12.6. The highest BCUT2D eigenvalue weighted by molar-refractivity contribution is 5.98. The van der Waals surface area contributed by atoms with E-state index in [0.717, 1.165) is 5.56 Å². The number of imide groups is 1.